The first kappa shape index (κ1) is 12.4. The number of anilines is 1. The van der Waals surface area contributed by atoms with Gasteiger partial charge < -0.3 is 10.6 Å². The van der Waals surface area contributed by atoms with Crippen LogP contribution < -0.4 is 10.6 Å². The molecule has 0 bridgehead atoms. The topological polar surface area (TPSA) is 65.6 Å². The summed E-state index contributed by atoms with van der Waals surface area (Å²) in [4.78, 5) is 4.71. The number of nitrogens with one attached hydrogen (secondary N) is 3. The van der Waals surface area contributed by atoms with Gasteiger partial charge >= 0.3 is 0 Å². The van der Waals surface area contributed by atoms with Crippen LogP contribution in [0.4, 0.5) is 5.82 Å². The summed E-state index contributed by atoms with van der Waals surface area (Å²) in [6.07, 6.45) is 3.72. The molecule has 5 nitrogen and oxygen atoms in total. The number of aromatic nitrogens is 3. The molecule has 19 heavy (non-hydrogen) atoms. The number of hydrogen-bond acceptors (Lipinski definition) is 4. The zero-order chi connectivity index (χ0) is 13.2. The molecule has 1 unspecified atom stereocenters. The largest absolute Gasteiger partial charge is 0.366 e. The van der Waals surface area contributed by atoms with Crippen LogP contribution in [0.5, 0.6) is 0 Å². The molecule has 1 saturated heterocycles. The van der Waals surface area contributed by atoms with Crippen LogP contribution >= 0.6 is 0 Å². The number of hydrogen-bond donors (Lipinski definition) is 3. The first-order valence-electron chi connectivity index (χ1n) is 7.09. The lowest BCUT2D eigenvalue weighted by molar-refractivity contribution is 0.406. The van der Waals surface area contributed by atoms with Gasteiger partial charge in [0, 0.05) is 12.1 Å². The van der Waals surface area contributed by atoms with E-state index < -0.39 is 0 Å². The molecule has 2 aromatic heterocycles. The van der Waals surface area contributed by atoms with Crippen LogP contribution in [-0.4, -0.2) is 27.8 Å². The van der Waals surface area contributed by atoms with E-state index in [1.54, 1.807) is 0 Å². The van der Waals surface area contributed by atoms with Gasteiger partial charge in [0.05, 0.1) is 11.1 Å². The number of nitrogens with zero attached hydrogens (tertiary/aromatic N) is 2. The van der Waals surface area contributed by atoms with Crippen molar-refractivity contribution in [2.75, 3.05) is 11.9 Å². The third-order valence-electron chi connectivity index (χ3n) is 3.54. The number of piperidine rings is 1. The monoisotopic (exact) mass is 259 g/mol. The number of aromatic amines is 1. The highest BCUT2D eigenvalue weighted by Gasteiger charge is 2.17. The summed E-state index contributed by atoms with van der Waals surface area (Å²) in [6, 6.07) is 4.99. The lowest BCUT2D eigenvalue weighted by atomic mass is 10.0. The number of fused-ring (bicyclic) bond motifs is 1. The van der Waals surface area contributed by atoms with Crippen molar-refractivity contribution in [2.45, 2.75) is 45.2 Å². The molecular formula is C14H21N5. The van der Waals surface area contributed by atoms with Gasteiger partial charge in [0.25, 0.3) is 0 Å². The minimum Gasteiger partial charge on any atom is -0.366 e. The van der Waals surface area contributed by atoms with E-state index >= 15 is 0 Å². The van der Waals surface area contributed by atoms with Gasteiger partial charge in [-0.25, -0.2) is 4.98 Å². The third-order valence-corrected chi connectivity index (χ3v) is 3.54. The average molecular weight is 259 g/mol. The van der Waals surface area contributed by atoms with Crippen molar-refractivity contribution in [3.8, 4) is 0 Å². The highest BCUT2D eigenvalue weighted by Crippen LogP contribution is 2.25. The number of H-pyrrole nitrogens is 1. The zero-order valence-electron chi connectivity index (χ0n) is 11.5. The maximum absolute atomic E-state index is 4.71. The minimum atomic E-state index is 0.367. The van der Waals surface area contributed by atoms with Gasteiger partial charge in [-0.1, -0.05) is 6.42 Å². The molecule has 1 fully saturated rings. The van der Waals surface area contributed by atoms with Crippen molar-refractivity contribution in [1.29, 1.82) is 0 Å². The molecule has 0 aliphatic carbocycles. The molecule has 3 heterocycles. The summed E-state index contributed by atoms with van der Waals surface area (Å²) in [5.74, 6) is 0.889. The predicted molar refractivity (Wildman–Crippen MR) is 77.2 cm³/mol. The fraction of sp³-hybridized carbons (Fsp3) is 0.571. The van der Waals surface area contributed by atoms with Crippen LogP contribution in [0.2, 0.25) is 0 Å². The van der Waals surface area contributed by atoms with Gasteiger partial charge in [-0.2, -0.15) is 5.10 Å². The van der Waals surface area contributed by atoms with Crippen LogP contribution in [0.1, 0.15) is 44.8 Å². The summed E-state index contributed by atoms with van der Waals surface area (Å²) < 4.78 is 0. The van der Waals surface area contributed by atoms with E-state index in [4.69, 9.17) is 4.98 Å². The standard InChI is InChI=1S/C14H21N5/c1-9(2)16-13-10-6-7-12(17-14(10)19-18-13)11-5-3-4-8-15-11/h6-7,9,11,15H,3-5,8H2,1-2H3,(H2,16,17,18,19). The Hall–Kier alpha value is -1.62. The fourth-order valence-corrected chi connectivity index (χ4v) is 2.60. The normalized spacial score (nSPS) is 20.1. The van der Waals surface area contributed by atoms with Crippen LogP contribution in [0, 0.1) is 0 Å². The van der Waals surface area contributed by atoms with Crippen LogP contribution in [-0.2, 0) is 0 Å². The Kier molecular flexibility index (Phi) is 3.38. The van der Waals surface area contributed by atoms with E-state index in [0.29, 0.717) is 12.1 Å². The summed E-state index contributed by atoms with van der Waals surface area (Å²) in [5.41, 5.74) is 1.99. The van der Waals surface area contributed by atoms with Crippen LogP contribution in [0.3, 0.4) is 0 Å². The van der Waals surface area contributed by atoms with Crippen molar-refractivity contribution in [2.24, 2.45) is 0 Å². The molecule has 5 heteroatoms. The Morgan fingerprint density at radius 1 is 1.32 bits per heavy atom. The highest BCUT2D eigenvalue weighted by atomic mass is 15.2. The second kappa shape index (κ2) is 5.17. The van der Waals surface area contributed by atoms with Crippen molar-refractivity contribution >= 4 is 16.9 Å². The maximum atomic E-state index is 4.71. The van der Waals surface area contributed by atoms with Gasteiger partial charge in [-0.3, -0.25) is 5.10 Å². The van der Waals surface area contributed by atoms with E-state index in [1.807, 2.05) is 0 Å². The summed E-state index contributed by atoms with van der Waals surface area (Å²) >= 11 is 0. The number of pyridine rings is 1. The van der Waals surface area contributed by atoms with Gasteiger partial charge in [-0.15, -0.1) is 0 Å². The maximum Gasteiger partial charge on any atom is 0.157 e. The molecule has 1 aliphatic rings. The Morgan fingerprint density at radius 3 is 2.95 bits per heavy atom. The lowest BCUT2D eigenvalue weighted by Crippen LogP contribution is -2.27. The van der Waals surface area contributed by atoms with Crippen LogP contribution in [0.25, 0.3) is 11.0 Å². The molecule has 0 aromatic carbocycles. The SMILES string of the molecule is CC(C)Nc1n[nH]c2nc(C3CCCCN3)ccc12. The minimum absolute atomic E-state index is 0.367. The van der Waals surface area contributed by atoms with Gasteiger partial charge in [-0.05, 0) is 45.4 Å². The second-order valence-electron chi connectivity index (χ2n) is 5.51. The van der Waals surface area contributed by atoms with E-state index in [2.05, 4.69) is 46.8 Å². The Balaban J connectivity index is 1.89. The Bertz CT molecular complexity index is 554. The Morgan fingerprint density at radius 2 is 2.21 bits per heavy atom. The molecule has 3 N–H and O–H groups in total. The quantitative estimate of drug-likeness (QED) is 0.792. The van der Waals surface area contributed by atoms with Crippen molar-refractivity contribution < 1.29 is 0 Å². The first-order valence-corrected chi connectivity index (χ1v) is 7.09. The molecule has 0 radical (unpaired) electrons. The molecule has 102 valence electrons. The van der Waals surface area contributed by atoms with Gasteiger partial charge in [0.1, 0.15) is 0 Å². The van der Waals surface area contributed by atoms with Gasteiger partial charge in [0.2, 0.25) is 0 Å². The van der Waals surface area contributed by atoms with Crippen molar-refractivity contribution in [3.05, 3.63) is 17.8 Å². The summed E-state index contributed by atoms with van der Waals surface area (Å²) in [5, 5.41) is 15.2. The fourth-order valence-electron chi connectivity index (χ4n) is 2.60. The summed E-state index contributed by atoms with van der Waals surface area (Å²) in [7, 11) is 0. The Labute approximate surface area is 113 Å². The molecule has 3 rings (SSSR count). The van der Waals surface area contributed by atoms with E-state index in [9.17, 15) is 0 Å². The average Bonchev–Trinajstić information content (AvgIpc) is 2.81. The van der Waals surface area contributed by atoms with Crippen molar-refractivity contribution in [1.82, 2.24) is 20.5 Å². The van der Waals surface area contributed by atoms with E-state index in [1.165, 1.54) is 19.3 Å². The molecule has 0 saturated carbocycles. The lowest BCUT2D eigenvalue weighted by Gasteiger charge is -2.22. The van der Waals surface area contributed by atoms with Crippen molar-refractivity contribution in [3.63, 3.8) is 0 Å². The smallest absolute Gasteiger partial charge is 0.157 e. The molecule has 0 spiro atoms. The van der Waals surface area contributed by atoms with E-state index in [-0.39, 0.29) is 0 Å². The first-order chi connectivity index (χ1) is 9.24. The second-order valence-corrected chi connectivity index (χ2v) is 5.51. The molecule has 2 aromatic rings. The predicted octanol–water partition coefficient (Wildman–Crippen LogP) is 2.59. The molecular weight excluding hydrogens is 238 g/mol. The number of rotatable bonds is 3. The molecule has 1 aliphatic heterocycles. The molecule has 1 atom stereocenters. The van der Waals surface area contributed by atoms with Crippen LogP contribution in [0.15, 0.2) is 12.1 Å². The summed E-state index contributed by atoms with van der Waals surface area (Å²) in [6.45, 7) is 5.30. The zero-order valence-corrected chi connectivity index (χ0v) is 11.5. The highest BCUT2D eigenvalue weighted by molar-refractivity contribution is 5.87. The van der Waals surface area contributed by atoms with E-state index in [0.717, 1.165) is 29.1 Å². The van der Waals surface area contributed by atoms with Gasteiger partial charge in [0.15, 0.2) is 11.5 Å². The molecule has 0 amide bonds. The third kappa shape index (κ3) is 2.56.